The summed E-state index contributed by atoms with van der Waals surface area (Å²) in [7, 11) is 2.25. The molecule has 1 aromatic carbocycles. The van der Waals surface area contributed by atoms with Crippen molar-refractivity contribution in [2.45, 2.75) is 76.8 Å². The highest BCUT2D eigenvalue weighted by Gasteiger charge is 2.38. The molecule has 2 aliphatic heterocycles. The van der Waals surface area contributed by atoms with Gasteiger partial charge >= 0.3 is 0 Å². The molecule has 25 heavy (non-hydrogen) atoms. The van der Waals surface area contributed by atoms with Crippen LogP contribution >= 0.6 is 0 Å². The summed E-state index contributed by atoms with van der Waals surface area (Å²) < 4.78 is 5.79. The van der Waals surface area contributed by atoms with Crippen LogP contribution in [0.1, 0.15) is 69.2 Å². The Bertz CT molecular complexity index is 728. The Morgan fingerprint density at radius 1 is 1.00 bits per heavy atom. The molecule has 0 spiro atoms. The first kappa shape index (κ1) is 17.3. The zero-order chi connectivity index (χ0) is 18.0. The molecule has 4 rings (SSSR count). The van der Waals surface area contributed by atoms with Crippen LogP contribution in [0.25, 0.3) is 5.57 Å². The van der Waals surface area contributed by atoms with Gasteiger partial charge in [-0.1, -0.05) is 45.9 Å². The van der Waals surface area contributed by atoms with E-state index in [0.717, 1.165) is 19.6 Å². The van der Waals surface area contributed by atoms with Crippen molar-refractivity contribution < 1.29 is 4.74 Å². The Morgan fingerprint density at radius 2 is 1.64 bits per heavy atom. The van der Waals surface area contributed by atoms with Gasteiger partial charge in [-0.05, 0) is 71.9 Å². The average Bonchev–Trinajstić information content (AvgIpc) is 2.52. The van der Waals surface area contributed by atoms with Crippen molar-refractivity contribution in [3.05, 3.63) is 40.5 Å². The molecule has 2 nitrogen and oxygen atoms in total. The fourth-order valence-corrected chi connectivity index (χ4v) is 5.02. The molecule has 1 saturated heterocycles. The summed E-state index contributed by atoms with van der Waals surface area (Å²) >= 11 is 0. The maximum atomic E-state index is 5.79. The van der Waals surface area contributed by atoms with Crippen LogP contribution < -0.4 is 0 Å². The molecule has 0 saturated carbocycles. The highest BCUT2D eigenvalue weighted by atomic mass is 16.5. The fourth-order valence-electron chi connectivity index (χ4n) is 5.02. The van der Waals surface area contributed by atoms with E-state index in [0.29, 0.717) is 17.5 Å². The maximum absolute atomic E-state index is 5.79. The van der Waals surface area contributed by atoms with Crippen LogP contribution in [0.2, 0.25) is 0 Å². The molecule has 1 aromatic rings. The third-order valence-electron chi connectivity index (χ3n) is 7.09. The van der Waals surface area contributed by atoms with Crippen molar-refractivity contribution in [3.63, 3.8) is 0 Å². The summed E-state index contributed by atoms with van der Waals surface area (Å²) in [5.41, 5.74) is 8.18. The van der Waals surface area contributed by atoms with Gasteiger partial charge in [0.25, 0.3) is 0 Å². The number of rotatable bonds is 1. The van der Waals surface area contributed by atoms with Gasteiger partial charge in [0.2, 0.25) is 0 Å². The Morgan fingerprint density at radius 3 is 2.28 bits per heavy atom. The van der Waals surface area contributed by atoms with Crippen LogP contribution in [-0.2, 0) is 15.6 Å². The monoisotopic (exact) mass is 339 g/mol. The molecule has 136 valence electrons. The summed E-state index contributed by atoms with van der Waals surface area (Å²) in [4.78, 5) is 2.49. The van der Waals surface area contributed by atoms with Crippen molar-refractivity contribution >= 4 is 5.57 Å². The Labute approximate surface area is 153 Å². The van der Waals surface area contributed by atoms with Crippen LogP contribution in [0, 0.1) is 6.92 Å². The van der Waals surface area contributed by atoms with Crippen molar-refractivity contribution in [1.82, 2.24) is 4.90 Å². The van der Waals surface area contributed by atoms with E-state index in [1.165, 1.54) is 29.5 Å². The third-order valence-corrected chi connectivity index (χ3v) is 7.09. The maximum Gasteiger partial charge on any atom is 0.0658 e. The summed E-state index contributed by atoms with van der Waals surface area (Å²) in [6.45, 7) is 13.7. The second-order valence-corrected chi connectivity index (χ2v) is 9.80. The van der Waals surface area contributed by atoms with Gasteiger partial charge in [-0.15, -0.1) is 0 Å². The van der Waals surface area contributed by atoms with E-state index in [9.17, 15) is 0 Å². The van der Waals surface area contributed by atoms with E-state index < -0.39 is 0 Å². The molecule has 3 aliphatic rings. The molecule has 2 bridgehead atoms. The Kier molecular flexibility index (Phi) is 3.94. The summed E-state index contributed by atoms with van der Waals surface area (Å²) in [5.74, 6) is 0. The van der Waals surface area contributed by atoms with Crippen LogP contribution in [0.15, 0.2) is 18.2 Å². The molecular formula is C23H33NO. The summed E-state index contributed by atoms with van der Waals surface area (Å²) in [5, 5.41) is 0. The number of fused-ring (bicyclic) bond motifs is 3. The first-order chi connectivity index (χ1) is 11.7. The van der Waals surface area contributed by atoms with Gasteiger partial charge in [0.1, 0.15) is 0 Å². The van der Waals surface area contributed by atoms with Gasteiger partial charge in [-0.2, -0.15) is 0 Å². The highest BCUT2D eigenvalue weighted by Crippen LogP contribution is 2.47. The molecular weight excluding hydrogens is 306 g/mol. The van der Waals surface area contributed by atoms with Gasteiger partial charge in [0.15, 0.2) is 0 Å². The van der Waals surface area contributed by atoms with Gasteiger partial charge in [0, 0.05) is 6.04 Å². The molecule has 0 radical (unpaired) electrons. The zero-order valence-corrected chi connectivity index (χ0v) is 16.8. The Balaban J connectivity index is 1.82. The zero-order valence-electron chi connectivity index (χ0n) is 16.8. The minimum Gasteiger partial charge on any atom is -0.378 e. The van der Waals surface area contributed by atoms with E-state index in [1.54, 1.807) is 11.1 Å². The highest BCUT2D eigenvalue weighted by molar-refractivity contribution is 5.72. The van der Waals surface area contributed by atoms with Gasteiger partial charge < -0.3 is 4.74 Å². The SMILES string of the molecule is Cc1cc2c(cc1C1=CC3COCC(C1)N3C)C(C)(C)CCC2(C)C. The number of benzene rings is 1. The van der Waals surface area contributed by atoms with E-state index >= 15 is 0 Å². The first-order valence-electron chi connectivity index (χ1n) is 9.85. The second-order valence-electron chi connectivity index (χ2n) is 9.80. The lowest BCUT2D eigenvalue weighted by atomic mass is 9.62. The second kappa shape index (κ2) is 5.69. The largest absolute Gasteiger partial charge is 0.378 e. The molecule has 2 atom stereocenters. The Hall–Kier alpha value is -1.12. The molecule has 2 heteroatoms. The van der Waals surface area contributed by atoms with Crippen molar-refractivity contribution in [3.8, 4) is 0 Å². The van der Waals surface area contributed by atoms with E-state index in [-0.39, 0.29) is 5.41 Å². The van der Waals surface area contributed by atoms with Gasteiger partial charge in [-0.25, -0.2) is 0 Å². The number of likely N-dealkylation sites (N-methyl/N-ethyl adjacent to an activating group) is 1. The van der Waals surface area contributed by atoms with E-state index in [2.05, 4.69) is 64.8 Å². The smallest absolute Gasteiger partial charge is 0.0658 e. The van der Waals surface area contributed by atoms with Crippen LogP contribution in [0.5, 0.6) is 0 Å². The molecule has 1 fully saturated rings. The minimum absolute atomic E-state index is 0.276. The van der Waals surface area contributed by atoms with E-state index in [4.69, 9.17) is 4.74 Å². The molecule has 2 heterocycles. The third kappa shape index (κ3) is 2.78. The summed E-state index contributed by atoms with van der Waals surface area (Å²) in [6, 6.07) is 6.00. The van der Waals surface area contributed by atoms with Crippen LogP contribution in [0.3, 0.4) is 0 Å². The standard InChI is InChI=1S/C23H33NO/c1-15-9-20-21(23(4,5)8-7-22(20,2)3)12-19(15)16-10-17-13-25-14-18(11-16)24(17)6/h9-10,12,17-18H,7-8,11,13-14H2,1-6H3. The van der Waals surface area contributed by atoms with Gasteiger partial charge in [0.05, 0.1) is 19.3 Å². The normalized spacial score (nSPS) is 30.6. The number of nitrogens with zero attached hydrogens (tertiary/aromatic N) is 1. The lowest BCUT2D eigenvalue weighted by Crippen LogP contribution is -2.51. The van der Waals surface area contributed by atoms with Crippen molar-refractivity contribution in [1.29, 1.82) is 0 Å². The topological polar surface area (TPSA) is 12.5 Å². The number of ether oxygens (including phenoxy) is 1. The lowest BCUT2D eigenvalue weighted by molar-refractivity contribution is -0.0221. The number of aryl methyl sites for hydroxylation is 1. The fraction of sp³-hybridized carbons (Fsp3) is 0.652. The molecule has 0 aromatic heterocycles. The quantitative estimate of drug-likeness (QED) is 0.726. The lowest BCUT2D eigenvalue weighted by Gasteiger charge is -2.44. The number of hydrogen-bond acceptors (Lipinski definition) is 2. The first-order valence-corrected chi connectivity index (χ1v) is 9.85. The van der Waals surface area contributed by atoms with Crippen molar-refractivity contribution in [2.75, 3.05) is 20.3 Å². The van der Waals surface area contributed by atoms with E-state index in [1.807, 2.05) is 0 Å². The molecule has 1 aliphatic carbocycles. The predicted molar refractivity (Wildman–Crippen MR) is 105 cm³/mol. The number of hydrogen-bond donors (Lipinski definition) is 0. The molecule has 2 unspecified atom stereocenters. The molecule has 0 amide bonds. The molecule has 0 N–H and O–H groups in total. The van der Waals surface area contributed by atoms with Crippen LogP contribution in [0.4, 0.5) is 0 Å². The predicted octanol–water partition coefficient (Wildman–Crippen LogP) is 4.83. The number of morpholine rings is 1. The summed E-state index contributed by atoms with van der Waals surface area (Å²) in [6.07, 6.45) is 6.12. The minimum atomic E-state index is 0.276. The van der Waals surface area contributed by atoms with Gasteiger partial charge in [-0.3, -0.25) is 4.90 Å². The van der Waals surface area contributed by atoms with Crippen molar-refractivity contribution in [2.24, 2.45) is 0 Å². The van der Waals surface area contributed by atoms with Crippen LogP contribution in [-0.4, -0.2) is 37.2 Å². The average molecular weight is 340 g/mol.